The molecule has 4 rings (SSSR count). The molecule has 0 unspecified atom stereocenters. The molecule has 0 fully saturated rings. The van der Waals surface area contributed by atoms with Crippen LogP contribution < -0.4 is 4.74 Å². The van der Waals surface area contributed by atoms with E-state index in [9.17, 15) is 0 Å². The molecule has 0 aromatic carbocycles. The van der Waals surface area contributed by atoms with E-state index in [2.05, 4.69) is 27.6 Å². The maximum atomic E-state index is 5.75. The minimum absolute atomic E-state index is 0.540. The molecule has 0 amide bonds. The van der Waals surface area contributed by atoms with E-state index in [0.29, 0.717) is 12.5 Å². The molecule has 0 atom stereocenters. The maximum absolute atomic E-state index is 5.75. The standard InChI is InChI=1S/C15H11N3OS2/c1-2-12(21-6-1)9-19-15-4-3-14-16-8-13(18(14)17-15)11-5-7-20-10-11/h1-8,10H,9H2. The van der Waals surface area contributed by atoms with Crippen molar-refractivity contribution >= 4 is 28.3 Å². The first-order chi connectivity index (χ1) is 10.4. The molecule has 104 valence electrons. The van der Waals surface area contributed by atoms with Gasteiger partial charge in [-0.3, -0.25) is 0 Å². The smallest absolute Gasteiger partial charge is 0.232 e. The normalized spacial score (nSPS) is 11.0. The van der Waals surface area contributed by atoms with Gasteiger partial charge < -0.3 is 4.74 Å². The van der Waals surface area contributed by atoms with E-state index in [-0.39, 0.29) is 0 Å². The van der Waals surface area contributed by atoms with E-state index in [1.165, 1.54) is 4.88 Å². The molecule has 4 heterocycles. The predicted octanol–water partition coefficient (Wildman–Crippen LogP) is 4.10. The fraction of sp³-hybridized carbons (Fsp3) is 0.0667. The van der Waals surface area contributed by atoms with Crippen LogP contribution in [-0.4, -0.2) is 14.6 Å². The van der Waals surface area contributed by atoms with Crippen molar-refractivity contribution in [2.75, 3.05) is 0 Å². The molecule has 0 saturated carbocycles. The minimum Gasteiger partial charge on any atom is -0.471 e. The Bertz CT molecular complexity index is 850. The summed E-state index contributed by atoms with van der Waals surface area (Å²) in [5.74, 6) is 0.602. The Kier molecular flexibility index (Phi) is 3.17. The van der Waals surface area contributed by atoms with E-state index in [4.69, 9.17) is 4.74 Å². The number of imidazole rings is 1. The first kappa shape index (κ1) is 12.6. The fourth-order valence-electron chi connectivity index (χ4n) is 2.08. The highest BCUT2D eigenvalue weighted by Crippen LogP contribution is 2.23. The summed E-state index contributed by atoms with van der Waals surface area (Å²) >= 11 is 3.34. The average Bonchev–Trinajstić information content (AvgIpc) is 3.24. The molecule has 0 N–H and O–H groups in total. The van der Waals surface area contributed by atoms with Crippen molar-refractivity contribution in [1.82, 2.24) is 14.6 Å². The molecule has 21 heavy (non-hydrogen) atoms. The minimum atomic E-state index is 0.540. The van der Waals surface area contributed by atoms with E-state index in [1.54, 1.807) is 22.7 Å². The monoisotopic (exact) mass is 313 g/mol. The molecule has 0 aliphatic carbocycles. The zero-order valence-electron chi connectivity index (χ0n) is 11.0. The summed E-state index contributed by atoms with van der Waals surface area (Å²) in [6, 6.07) is 9.91. The number of hydrogen-bond acceptors (Lipinski definition) is 5. The number of hydrogen-bond donors (Lipinski definition) is 0. The van der Waals surface area contributed by atoms with Crippen LogP contribution in [0, 0.1) is 0 Å². The van der Waals surface area contributed by atoms with Crippen LogP contribution in [0.4, 0.5) is 0 Å². The molecule has 0 bridgehead atoms. The van der Waals surface area contributed by atoms with Gasteiger partial charge in [-0.1, -0.05) is 6.07 Å². The van der Waals surface area contributed by atoms with Crippen molar-refractivity contribution < 1.29 is 4.74 Å². The van der Waals surface area contributed by atoms with Gasteiger partial charge >= 0.3 is 0 Å². The summed E-state index contributed by atoms with van der Waals surface area (Å²) in [6.07, 6.45) is 1.84. The number of nitrogens with zero attached hydrogens (tertiary/aromatic N) is 3. The van der Waals surface area contributed by atoms with Crippen LogP contribution in [0.2, 0.25) is 0 Å². The first-order valence-corrected chi connectivity index (χ1v) is 8.25. The molecule has 0 radical (unpaired) electrons. The van der Waals surface area contributed by atoms with E-state index in [0.717, 1.165) is 16.9 Å². The zero-order chi connectivity index (χ0) is 14.1. The predicted molar refractivity (Wildman–Crippen MR) is 85.0 cm³/mol. The van der Waals surface area contributed by atoms with Gasteiger partial charge in [0.05, 0.1) is 11.9 Å². The van der Waals surface area contributed by atoms with Crippen molar-refractivity contribution in [1.29, 1.82) is 0 Å². The first-order valence-electron chi connectivity index (χ1n) is 6.43. The highest BCUT2D eigenvalue weighted by molar-refractivity contribution is 7.09. The third-order valence-corrected chi connectivity index (χ3v) is 4.63. The lowest BCUT2D eigenvalue weighted by Crippen LogP contribution is -2.00. The van der Waals surface area contributed by atoms with Crippen LogP contribution in [0.3, 0.4) is 0 Å². The topological polar surface area (TPSA) is 39.4 Å². The zero-order valence-corrected chi connectivity index (χ0v) is 12.6. The Morgan fingerprint density at radius 2 is 2.14 bits per heavy atom. The summed E-state index contributed by atoms with van der Waals surface area (Å²) in [5.41, 5.74) is 2.92. The van der Waals surface area contributed by atoms with Gasteiger partial charge in [-0.25, -0.2) is 9.50 Å². The molecule has 4 aromatic heterocycles. The molecule has 0 saturated heterocycles. The quantitative estimate of drug-likeness (QED) is 0.569. The number of fused-ring (bicyclic) bond motifs is 1. The summed E-state index contributed by atoms with van der Waals surface area (Å²) in [6.45, 7) is 0.540. The van der Waals surface area contributed by atoms with Crippen LogP contribution in [0.25, 0.3) is 16.9 Å². The molecule has 0 aliphatic heterocycles. The molecule has 4 aromatic rings. The lowest BCUT2D eigenvalue weighted by molar-refractivity contribution is 0.292. The second-order valence-corrected chi connectivity index (χ2v) is 6.28. The largest absolute Gasteiger partial charge is 0.471 e. The Morgan fingerprint density at radius 3 is 2.95 bits per heavy atom. The second-order valence-electron chi connectivity index (χ2n) is 4.47. The fourth-order valence-corrected chi connectivity index (χ4v) is 3.35. The number of ether oxygens (including phenoxy) is 1. The van der Waals surface area contributed by atoms with Gasteiger partial charge in [0.1, 0.15) is 6.61 Å². The number of aromatic nitrogens is 3. The van der Waals surface area contributed by atoms with Gasteiger partial charge in [0.2, 0.25) is 5.88 Å². The maximum Gasteiger partial charge on any atom is 0.232 e. The SMILES string of the molecule is c1csc(COc2ccc3ncc(-c4ccsc4)n3n2)c1. The molecule has 0 spiro atoms. The third-order valence-electron chi connectivity index (χ3n) is 3.10. The van der Waals surface area contributed by atoms with Crippen molar-refractivity contribution in [2.24, 2.45) is 0 Å². The van der Waals surface area contributed by atoms with Crippen LogP contribution in [0.5, 0.6) is 5.88 Å². The molecule has 0 aliphatic rings. The highest BCUT2D eigenvalue weighted by atomic mass is 32.1. The summed E-state index contributed by atoms with van der Waals surface area (Å²) in [7, 11) is 0. The van der Waals surface area contributed by atoms with Gasteiger partial charge in [0, 0.05) is 21.9 Å². The summed E-state index contributed by atoms with van der Waals surface area (Å²) in [4.78, 5) is 5.56. The van der Waals surface area contributed by atoms with Gasteiger partial charge in [-0.15, -0.1) is 16.4 Å². The molecule has 4 nitrogen and oxygen atoms in total. The van der Waals surface area contributed by atoms with Crippen LogP contribution >= 0.6 is 22.7 Å². The van der Waals surface area contributed by atoms with Crippen LogP contribution in [0.15, 0.2) is 52.7 Å². The Morgan fingerprint density at radius 1 is 1.14 bits per heavy atom. The summed E-state index contributed by atoms with van der Waals surface area (Å²) in [5, 5.41) is 10.7. The van der Waals surface area contributed by atoms with E-state index in [1.807, 2.05) is 39.7 Å². The van der Waals surface area contributed by atoms with Crippen molar-refractivity contribution in [2.45, 2.75) is 6.61 Å². The lowest BCUT2D eigenvalue weighted by atomic mass is 10.3. The summed E-state index contributed by atoms with van der Waals surface area (Å²) < 4.78 is 7.58. The van der Waals surface area contributed by atoms with Gasteiger partial charge in [-0.2, -0.15) is 11.3 Å². The molecular formula is C15H11N3OS2. The Balaban J connectivity index is 1.67. The second kappa shape index (κ2) is 5.31. The van der Waals surface area contributed by atoms with Gasteiger partial charge in [-0.05, 0) is 29.0 Å². The number of thiophene rings is 2. The average molecular weight is 313 g/mol. The van der Waals surface area contributed by atoms with Gasteiger partial charge in [0.25, 0.3) is 0 Å². The Labute approximate surface area is 129 Å². The van der Waals surface area contributed by atoms with Crippen LogP contribution in [0.1, 0.15) is 4.88 Å². The Hall–Kier alpha value is -2.18. The van der Waals surface area contributed by atoms with Crippen LogP contribution in [-0.2, 0) is 6.61 Å². The highest BCUT2D eigenvalue weighted by Gasteiger charge is 2.09. The van der Waals surface area contributed by atoms with Gasteiger partial charge in [0.15, 0.2) is 5.65 Å². The van der Waals surface area contributed by atoms with E-state index < -0.39 is 0 Å². The molecule has 6 heteroatoms. The van der Waals surface area contributed by atoms with Crippen molar-refractivity contribution in [3.63, 3.8) is 0 Å². The van der Waals surface area contributed by atoms with Crippen molar-refractivity contribution in [3.8, 4) is 17.1 Å². The van der Waals surface area contributed by atoms with E-state index >= 15 is 0 Å². The number of rotatable bonds is 4. The lowest BCUT2D eigenvalue weighted by Gasteiger charge is -2.05. The van der Waals surface area contributed by atoms with Crippen molar-refractivity contribution in [3.05, 3.63) is 57.5 Å². The third kappa shape index (κ3) is 2.43. The molecular weight excluding hydrogens is 302 g/mol.